The van der Waals surface area contributed by atoms with Crippen LogP contribution in [0.5, 0.6) is 0 Å². The summed E-state index contributed by atoms with van der Waals surface area (Å²) in [6.07, 6.45) is 2.15. The summed E-state index contributed by atoms with van der Waals surface area (Å²) in [4.78, 5) is 62.6. The van der Waals surface area contributed by atoms with Crippen LogP contribution in [0.15, 0.2) is 66.7 Å². The number of carbonyl (C=O) groups excluding carboxylic acids is 4. The number of aryl methyl sites for hydroxylation is 1. The van der Waals surface area contributed by atoms with Gasteiger partial charge in [-0.3, -0.25) is 29.0 Å². The maximum atomic E-state index is 14.7. The molecule has 3 aromatic rings. The largest absolute Gasteiger partial charge is 0.390 e. The van der Waals surface area contributed by atoms with E-state index in [0.29, 0.717) is 30.8 Å². The van der Waals surface area contributed by atoms with E-state index >= 15 is 0 Å². The summed E-state index contributed by atoms with van der Waals surface area (Å²) in [5, 5.41) is 16.1. The predicted molar refractivity (Wildman–Crippen MR) is 188 cm³/mol. The van der Waals surface area contributed by atoms with Gasteiger partial charge in [-0.25, -0.2) is 4.98 Å². The summed E-state index contributed by atoms with van der Waals surface area (Å²) >= 11 is 0. The minimum atomic E-state index is -1.46. The van der Waals surface area contributed by atoms with E-state index in [4.69, 9.17) is 11.5 Å². The molecule has 0 bridgehead atoms. The summed E-state index contributed by atoms with van der Waals surface area (Å²) < 4.78 is 0. The molecule has 6 atom stereocenters. The second-order valence-corrected chi connectivity index (χ2v) is 14.7. The Morgan fingerprint density at radius 2 is 1.65 bits per heavy atom. The molecule has 5 rings (SSSR count). The van der Waals surface area contributed by atoms with E-state index in [9.17, 15) is 24.3 Å². The van der Waals surface area contributed by atoms with Crippen LogP contribution in [0.3, 0.4) is 0 Å². The summed E-state index contributed by atoms with van der Waals surface area (Å²) in [6, 6.07) is 18.0. The van der Waals surface area contributed by atoms with Crippen LogP contribution in [0.2, 0.25) is 0 Å². The Kier molecular flexibility index (Phi) is 11.5. The number of imide groups is 1. The number of nitrogens with one attached hydrogen (secondary N) is 1. The van der Waals surface area contributed by atoms with Crippen LogP contribution in [-0.2, 0) is 20.8 Å². The fourth-order valence-corrected chi connectivity index (χ4v) is 7.45. The van der Waals surface area contributed by atoms with Crippen molar-refractivity contribution in [3.8, 4) is 0 Å². The fourth-order valence-electron chi connectivity index (χ4n) is 7.45. The number of likely N-dealkylation sites (tertiary alicyclic amines) is 1. The summed E-state index contributed by atoms with van der Waals surface area (Å²) in [6.45, 7) is 6.11. The van der Waals surface area contributed by atoms with E-state index in [1.54, 1.807) is 18.2 Å². The number of fused-ring (bicyclic) bond motifs is 2. The molecule has 1 aliphatic carbocycles. The lowest BCUT2D eigenvalue weighted by Gasteiger charge is -2.51. The highest BCUT2D eigenvalue weighted by atomic mass is 16.3. The number of nitrogens with two attached hydrogens (primary N) is 2. The maximum absolute atomic E-state index is 14.7. The van der Waals surface area contributed by atoms with Gasteiger partial charge < -0.3 is 21.9 Å². The zero-order valence-electron chi connectivity index (χ0n) is 28.8. The number of hydrogen-bond donors (Lipinski definition) is 4. The number of aliphatic hydroxyl groups excluding tert-OH is 1. The van der Waals surface area contributed by atoms with Crippen molar-refractivity contribution >= 4 is 34.5 Å². The normalized spacial score (nSPS) is 21.6. The first kappa shape index (κ1) is 36.1. The van der Waals surface area contributed by atoms with Gasteiger partial charge in [-0.15, -0.1) is 0 Å². The van der Waals surface area contributed by atoms with Crippen molar-refractivity contribution in [2.75, 3.05) is 6.54 Å². The van der Waals surface area contributed by atoms with Gasteiger partial charge in [0, 0.05) is 17.5 Å². The maximum Gasteiger partial charge on any atom is 0.280 e. The van der Waals surface area contributed by atoms with E-state index in [1.165, 1.54) is 6.07 Å². The van der Waals surface area contributed by atoms with E-state index in [-0.39, 0.29) is 23.9 Å². The third-order valence-corrected chi connectivity index (χ3v) is 9.77. The Hall–Kier alpha value is -4.19. The molecule has 1 saturated heterocycles. The minimum Gasteiger partial charge on any atom is -0.390 e. The third kappa shape index (κ3) is 8.89. The second-order valence-electron chi connectivity index (χ2n) is 14.7. The van der Waals surface area contributed by atoms with Crippen LogP contribution in [0.25, 0.3) is 10.9 Å². The van der Waals surface area contributed by atoms with Crippen molar-refractivity contribution in [2.45, 2.75) is 102 Å². The molecular weight excluding hydrogens is 620 g/mol. The molecule has 2 fully saturated rings. The summed E-state index contributed by atoms with van der Waals surface area (Å²) in [5.74, 6) is -2.18. The molecule has 49 heavy (non-hydrogen) atoms. The molecule has 1 aromatic heterocycles. The first-order chi connectivity index (χ1) is 23.3. The number of carbonyl (C=O) groups is 4. The van der Waals surface area contributed by atoms with Crippen LogP contribution in [0, 0.1) is 11.8 Å². The Balaban J connectivity index is 1.63. The molecule has 2 aromatic carbocycles. The first-order valence-corrected chi connectivity index (χ1v) is 17.4. The molecular formula is C38H50N6O5. The highest BCUT2D eigenvalue weighted by molar-refractivity contribution is 6.07. The number of primary amides is 1. The first-order valence-electron chi connectivity index (χ1n) is 17.4. The third-order valence-electron chi connectivity index (χ3n) is 9.77. The topological polar surface area (TPSA) is 172 Å². The number of amides is 4. The molecule has 1 saturated carbocycles. The number of pyridine rings is 1. The van der Waals surface area contributed by atoms with E-state index in [2.05, 4.69) is 10.3 Å². The number of hydrogen-bond acceptors (Lipinski definition) is 8. The van der Waals surface area contributed by atoms with E-state index in [1.807, 2.05) is 68.1 Å². The molecule has 4 amide bonds. The zero-order valence-corrected chi connectivity index (χ0v) is 28.8. The SMILES string of the molecule is CC(C)(C)NC(=O)[C@@H]1C[C@H]2CCCC[C@@H]2CN1C([C@H](O)CCc1ccccc1)N(C(=O)c1ccc2ccccc2n1)C(=O)[C@@H](N)CC(N)=O. The molecule has 1 unspecified atom stereocenters. The van der Waals surface area contributed by atoms with Crippen LogP contribution in [-0.4, -0.2) is 80.0 Å². The average molecular weight is 671 g/mol. The monoisotopic (exact) mass is 670 g/mol. The zero-order chi connectivity index (χ0) is 35.3. The Bertz CT molecular complexity index is 1640. The predicted octanol–water partition coefficient (Wildman–Crippen LogP) is 3.52. The number of aromatic nitrogens is 1. The molecule has 6 N–H and O–H groups in total. The van der Waals surface area contributed by atoms with E-state index < -0.39 is 54.0 Å². The van der Waals surface area contributed by atoms with Gasteiger partial charge in [0.25, 0.3) is 5.91 Å². The molecule has 0 spiro atoms. The fraction of sp³-hybridized carbons (Fsp3) is 0.500. The Morgan fingerprint density at radius 1 is 0.980 bits per heavy atom. The van der Waals surface area contributed by atoms with Gasteiger partial charge in [0.15, 0.2) is 0 Å². The van der Waals surface area contributed by atoms with E-state index in [0.717, 1.165) is 41.5 Å². The Labute approximate surface area is 288 Å². The van der Waals surface area contributed by atoms with Crippen molar-refractivity contribution in [3.05, 3.63) is 78.0 Å². The molecule has 11 heteroatoms. The van der Waals surface area contributed by atoms with Crippen molar-refractivity contribution in [1.29, 1.82) is 0 Å². The molecule has 262 valence electrons. The molecule has 11 nitrogen and oxygen atoms in total. The molecule has 2 heterocycles. The van der Waals surface area contributed by atoms with Gasteiger partial charge in [0.1, 0.15) is 11.9 Å². The quantitative estimate of drug-likeness (QED) is 0.240. The van der Waals surface area contributed by atoms with Crippen molar-refractivity contribution in [3.63, 3.8) is 0 Å². The Morgan fingerprint density at radius 3 is 2.35 bits per heavy atom. The standard InChI is InChI=1S/C38H50N6O5/c1-38(2,3)42-34(47)31-21-26-14-7-8-15-27(26)23-43(31)35(32(45)20-17-24-11-5-4-6-12-24)44(36(48)28(39)22-33(40)46)37(49)30-19-18-25-13-9-10-16-29(25)41-30/h4-6,9-13,16,18-19,26-28,31-32,35,45H,7-8,14-15,17,20-23,39H2,1-3H3,(H2,40,46)(H,42,47)/t26-,27-,28+,31+,32-,35?/m1/s1. The lowest BCUT2D eigenvalue weighted by atomic mass is 9.72. The van der Waals surface area contributed by atoms with Gasteiger partial charge in [-0.1, -0.05) is 73.9 Å². The van der Waals surface area contributed by atoms with Crippen LogP contribution >= 0.6 is 0 Å². The number of piperidine rings is 1. The van der Waals surface area contributed by atoms with Crippen LogP contribution in [0.4, 0.5) is 0 Å². The van der Waals surface area contributed by atoms with Crippen LogP contribution < -0.4 is 16.8 Å². The molecule has 1 aliphatic heterocycles. The lowest BCUT2D eigenvalue weighted by Crippen LogP contribution is -2.68. The smallest absolute Gasteiger partial charge is 0.280 e. The minimum absolute atomic E-state index is 0.0261. The highest BCUT2D eigenvalue weighted by Gasteiger charge is 2.49. The van der Waals surface area contributed by atoms with Gasteiger partial charge >= 0.3 is 0 Å². The number of benzene rings is 2. The number of para-hydroxylation sites is 1. The van der Waals surface area contributed by atoms with Crippen molar-refractivity contribution < 1.29 is 24.3 Å². The second kappa shape index (κ2) is 15.6. The number of nitrogens with zero attached hydrogens (tertiary/aromatic N) is 3. The average Bonchev–Trinajstić information content (AvgIpc) is 3.07. The van der Waals surface area contributed by atoms with Gasteiger partial charge in [0.05, 0.1) is 30.1 Å². The molecule has 0 radical (unpaired) electrons. The molecule has 2 aliphatic rings. The van der Waals surface area contributed by atoms with Crippen molar-refractivity contribution in [2.24, 2.45) is 23.3 Å². The summed E-state index contributed by atoms with van der Waals surface area (Å²) in [5.41, 5.74) is 12.7. The van der Waals surface area contributed by atoms with Crippen molar-refractivity contribution in [1.82, 2.24) is 20.1 Å². The van der Waals surface area contributed by atoms with Gasteiger partial charge in [-0.2, -0.15) is 0 Å². The number of aliphatic hydroxyl groups is 1. The van der Waals surface area contributed by atoms with Gasteiger partial charge in [0.2, 0.25) is 17.7 Å². The number of rotatable bonds is 11. The van der Waals surface area contributed by atoms with Crippen LogP contribution in [0.1, 0.15) is 81.8 Å². The van der Waals surface area contributed by atoms with Gasteiger partial charge in [-0.05, 0) is 76.0 Å². The summed E-state index contributed by atoms with van der Waals surface area (Å²) in [7, 11) is 0. The highest BCUT2D eigenvalue weighted by Crippen LogP contribution is 2.41. The lowest BCUT2D eigenvalue weighted by molar-refractivity contribution is -0.154.